The molecule has 0 aliphatic rings. The average Bonchev–Trinajstić information content (AvgIpc) is 3.23. The molecule has 2 amide bonds. The van der Waals surface area contributed by atoms with Gasteiger partial charge < -0.3 is 25.6 Å². The van der Waals surface area contributed by atoms with Crippen molar-refractivity contribution in [3.05, 3.63) is 60.8 Å². The van der Waals surface area contributed by atoms with Crippen molar-refractivity contribution in [2.24, 2.45) is 0 Å². The molecule has 0 aromatic heterocycles. The molecule has 344 valence electrons. The maximum Gasteiger partial charge on any atom is 0.328 e. The number of hydrogen-bond donors (Lipinski definition) is 4. The summed E-state index contributed by atoms with van der Waals surface area (Å²) in [5, 5.41) is 22.6. The first-order valence-electron chi connectivity index (χ1n) is 24.2. The van der Waals surface area contributed by atoms with Crippen LogP contribution >= 0.6 is 0 Å². The highest BCUT2D eigenvalue weighted by molar-refractivity contribution is 5.87. The zero-order valence-corrected chi connectivity index (χ0v) is 38.2. The normalized spacial score (nSPS) is 13.0. The van der Waals surface area contributed by atoms with Gasteiger partial charge in [0.05, 0.1) is 13.2 Å². The van der Waals surface area contributed by atoms with E-state index < -0.39 is 24.5 Å². The molecular formula is C51H88N2O7. The molecule has 0 heterocycles. The van der Waals surface area contributed by atoms with Crippen molar-refractivity contribution < 1.29 is 34.1 Å². The number of aliphatic carboxylic acids is 1. The Morgan fingerprint density at radius 1 is 0.517 bits per heavy atom. The van der Waals surface area contributed by atoms with Gasteiger partial charge in [-0.2, -0.15) is 0 Å². The van der Waals surface area contributed by atoms with Crippen molar-refractivity contribution in [2.75, 3.05) is 13.2 Å². The molecule has 0 radical (unpaired) electrons. The number of amides is 2. The lowest BCUT2D eigenvalue weighted by Crippen LogP contribution is -2.47. The number of carbonyl (C=O) groups excluding carboxylic acids is 3. The van der Waals surface area contributed by atoms with Crippen LogP contribution in [-0.4, -0.2) is 59.3 Å². The van der Waals surface area contributed by atoms with Crippen molar-refractivity contribution in [1.29, 1.82) is 0 Å². The number of allylic oxidation sites excluding steroid dienone is 10. The van der Waals surface area contributed by atoms with Crippen LogP contribution in [0.2, 0.25) is 0 Å². The molecule has 0 aromatic carbocycles. The van der Waals surface area contributed by atoms with Gasteiger partial charge in [-0.25, -0.2) is 4.79 Å². The second-order valence-electron chi connectivity index (χ2n) is 16.2. The summed E-state index contributed by atoms with van der Waals surface area (Å²) in [7, 11) is 0. The molecule has 9 nitrogen and oxygen atoms in total. The molecule has 2 atom stereocenters. The van der Waals surface area contributed by atoms with Gasteiger partial charge in [0.15, 0.2) is 0 Å². The Balaban J connectivity index is 4.37. The molecule has 0 aliphatic carbocycles. The van der Waals surface area contributed by atoms with E-state index in [1.165, 1.54) is 77.0 Å². The molecule has 0 bridgehead atoms. The fourth-order valence-corrected chi connectivity index (χ4v) is 6.86. The quantitative estimate of drug-likeness (QED) is 0.0272. The number of unbranched alkanes of at least 4 members (excludes halogenated alkanes) is 19. The summed E-state index contributed by atoms with van der Waals surface area (Å²) in [6, 6.07) is -1.39. The van der Waals surface area contributed by atoms with E-state index in [1.807, 2.05) is 0 Å². The van der Waals surface area contributed by atoms with Crippen LogP contribution in [0.4, 0.5) is 0 Å². The van der Waals surface area contributed by atoms with Gasteiger partial charge in [0.25, 0.3) is 0 Å². The first-order chi connectivity index (χ1) is 29.3. The van der Waals surface area contributed by atoms with Crippen LogP contribution in [0, 0.1) is 0 Å². The Hall–Kier alpha value is -3.46. The summed E-state index contributed by atoms with van der Waals surface area (Å²) < 4.78 is 6.04. The molecule has 0 fully saturated rings. The zero-order valence-electron chi connectivity index (χ0n) is 38.2. The molecule has 0 saturated carbocycles. The Bertz CT molecular complexity index is 1190. The highest BCUT2D eigenvalue weighted by atomic mass is 16.5. The lowest BCUT2D eigenvalue weighted by atomic mass is 10.0. The van der Waals surface area contributed by atoms with E-state index >= 15 is 0 Å². The molecule has 0 spiro atoms. The predicted molar refractivity (Wildman–Crippen MR) is 250 cm³/mol. The van der Waals surface area contributed by atoms with Crippen LogP contribution in [0.1, 0.15) is 213 Å². The minimum Gasteiger partial charge on any atom is -0.480 e. The smallest absolute Gasteiger partial charge is 0.328 e. The summed E-state index contributed by atoms with van der Waals surface area (Å²) in [5.41, 5.74) is 0. The molecule has 0 saturated heterocycles. The number of aliphatic hydroxyl groups is 1. The van der Waals surface area contributed by atoms with Gasteiger partial charge in [0.2, 0.25) is 11.8 Å². The fraction of sp³-hybridized carbons (Fsp3) is 0.725. The topological polar surface area (TPSA) is 142 Å². The molecule has 4 N–H and O–H groups in total. The number of carboxylic acids is 1. The van der Waals surface area contributed by atoms with E-state index in [0.29, 0.717) is 12.8 Å². The maximum absolute atomic E-state index is 12.8. The van der Waals surface area contributed by atoms with E-state index in [-0.39, 0.29) is 30.9 Å². The summed E-state index contributed by atoms with van der Waals surface area (Å²) in [5.74, 6) is -2.32. The second kappa shape index (κ2) is 45.1. The number of carboxylic acid groups (broad SMARTS) is 1. The lowest BCUT2D eigenvalue weighted by Gasteiger charge is -2.18. The van der Waals surface area contributed by atoms with Crippen LogP contribution in [0.25, 0.3) is 0 Å². The number of carbonyl (C=O) groups is 4. The highest BCUT2D eigenvalue weighted by Gasteiger charge is 2.19. The summed E-state index contributed by atoms with van der Waals surface area (Å²) in [6.45, 7) is 3.38. The molecule has 0 aromatic rings. The van der Waals surface area contributed by atoms with Gasteiger partial charge >= 0.3 is 11.9 Å². The van der Waals surface area contributed by atoms with Crippen molar-refractivity contribution in [1.82, 2.24) is 10.6 Å². The van der Waals surface area contributed by atoms with E-state index in [1.54, 1.807) is 0 Å². The fourth-order valence-electron chi connectivity index (χ4n) is 6.86. The Kier molecular flexibility index (Phi) is 42.5. The number of nitrogens with one attached hydrogen (secondary N) is 2. The minimum atomic E-state index is -1.39. The standard InChI is InChI=1S/C51H88N2O7/c1-3-5-7-9-11-13-15-17-18-19-20-21-22-24-26-28-30-35-39-43-50(57)60-46(40-36-32-29-27-25-23-16-14-12-10-8-6-4-2)41-37-33-31-34-38-42-48(55)52-44-49(56)53-47(45-54)51(58)59/h5,7,11,13,17-18,20-21,24,26,46-47,54H,3-4,6,8-10,12,14-16,19,22-23,25,27-45H2,1-2H3,(H,52,55)(H,53,56)(H,58,59)/b7-5-,13-11-,18-17-,21-20-,26-24-. The van der Waals surface area contributed by atoms with Crippen molar-refractivity contribution >= 4 is 23.8 Å². The molecular weight excluding hydrogens is 753 g/mol. The van der Waals surface area contributed by atoms with Crippen LogP contribution < -0.4 is 10.6 Å². The third-order valence-electron chi connectivity index (χ3n) is 10.5. The van der Waals surface area contributed by atoms with Crippen LogP contribution in [0.5, 0.6) is 0 Å². The summed E-state index contributed by atoms with van der Waals surface area (Å²) >= 11 is 0. The van der Waals surface area contributed by atoms with Gasteiger partial charge in [-0.15, -0.1) is 0 Å². The van der Waals surface area contributed by atoms with Crippen molar-refractivity contribution in [2.45, 2.75) is 225 Å². The van der Waals surface area contributed by atoms with E-state index in [9.17, 15) is 19.2 Å². The lowest BCUT2D eigenvalue weighted by molar-refractivity contribution is -0.150. The number of hydrogen-bond acceptors (Lipinski definition) is 6. The minimum absolute atomic E-state index is 0.0324. The van der Waals surface area contributed by atoms with Gasteiger partial charge in [-0.1, -0.05) is 177 Å². The molecule has 2 unspecified atom stereocenters. The Labute approximate surface area is 366 Å². The Morgan fingerprint density at radius 2 is 0.950 bits per heavy atom. The van der Waals surface area contributed by atoms with Crippen LogP contribution in [0.3, 0.4) is 0 Å². The molecule has 0 rings (SSSR count). The van der Waals surface area contributed by atoms with Gasteiger partial charge in [-0.3, -0.25) is 14.4 Å². The van der Waals surface area contributed by atoms with Crippen LogP contribution in [-0.2, 0) is 23.9 Å². The van der Waals surface area contributed by atoms with Crippen molar-refractivity contribution in [3.63, 3.8) is 0 Å². The molecule has 0 aliphatic heterocycles. The number of aliphatic hydroxyl groups excluding tert-OH is 1. The number of rotatable bonds is 43. The average molecular weight is 841 g/mol. The molecule has 60 heavy (non-hydrogen) atoms. The summed E-state index contributed by atoms with van der Waals surface area (Å²) in [4.78, 5) is 47.7. The van der Waals surface area contributed by atoms with E-state index in [2.05, 4.69) is 85.2 Å². The SMILES string of the molecule is CC/C=C\C/C=C\C/C=C\C/C=C\C/C=C\CCCCCC(=O)OC(CCCCCCCCCCCCCCC)CCCCCCCC(=O)NCC(=O)NC(CO)C(=O)O. The third-order valence-corrected chi connectivity index (χ3v) is 10.5. The third kappa shape index (κ3) is 41.3. The predicted octanol–water partition coefficient (Wildman–Crippen LogP) is 12.5. The van der Waals surface area contributed by atoms with Gasteiger partial charge in [0.1, 0.15) is 12.1 Å². The first kappa shape index (κ1) is 56.5. The monoisotopic (exact) mass is 841 g/mol. The highest BCUT2D eigenvalue weighted by Crippen LogP contribution is 2.19. The van der Waals surface area contributed by atoms with E-state index in [0.717, 1.165) is 103 Å². The number of ether oxygens (including phenoxy) is 1. The maximum atomic E-state index is 12.8. The van der Waals surface area contributed by atoms with Gasteiger partial charge in [0, 0.05) is 12.8 Å². The first-order valence-corrected chi connectivity index (χ1v) is 24.2. The van der Waals surface area contributed by atoms with Crippen molar-refractivity contribution in [3.8, 4) is 0 Å². The zero-order chi connectivity index (χ0) is 44.0. The molecule has 9 heteroatoms. The second-order valence-corrected chi connectivity index (χ2v) is 16.2. The summed E-state index contributed by atoms with van der Waals surface area (Å²) in [6.07, 6.45) is 55.3. The van der Waals surface area contributed by atoms with E-state index in [4.69, 9.17) is 14.9 Å². The largest absolute Gasteiger partial charge is 0.480 e. The van der Waals surface area contributed by atoms with Crippen LogP contribution in [0.15, 0.2) is 60.8 Å². The van der Waals surface area contributed by atoms with Gasteiger partial charge in [-0.05, 0) is 83.5 Å². The Morgan fingerprint density at radius 3 is 1.43 bits per heavy atom. The number of esters is 1.